The number of hydrogen-bond acceptors (Lipinski definition) is 2. The van der Waals surface area contributed by atoms with Crippen LogP contribution in [0.4, 0.5) is 0 Å². The lowest BCUT2D eigenvalue weighted by molar-refractivity contribution is 0.0742. The average Bonchev–Trinajstić information content (AvgIpc) is 2.11. The predicted molar refractivity (Wildman–Crippen MR) is 69.9 cm³/mol. The summed E-state index contributed by atoms with van der Waals surface area (Å²) < 4.78 is 0. The molecule has 3 rings (SSSR count). The third-order valence-electron chi connectivity index (χ3n) is 5.39. The summed E-state index contributed by atoms with van der Waals surface area (Å²) in [6.45, 7) is 0. The fourth-order valence-corrected chi connectivity index (χ4v) is 3.84. The van der Waals surface area contributed by atoms with Crippen LogP contribution in [0.5, 0.6) is 0 Å². The Hall–Kier alpha value is -0.0800. The molecule has 0 spiro atoms. The summed E-state index contributed by atoms with van der Waals surface area (Å²) in [6.07, 6.45) is 13.2. The Bertz CT molecular complexity index is 233. The van der Waals surface area contributed by atoms with Crippen LogP contribution in [0.3, 0.4) is 0 Å². The summed E-state index contributed by atoms with van der Waals surface area (Å²) in [5.74, 6) is 1.92. The smallest absolute Gasteiger partial charge is 0.0555 e. The highest BCUT2D eigenvalue weighted by atomic mass is 16.3. The van der Waals surface area contributed by atoms with Crippen molar-refractivity contribution >= 4 is 0 Å². The number of hydrogen-bond donors (Lipinski definition) is 2. The van der Waals surface area contributed by atoms with Crippen LogP contribution in [0.2, 0.25) is 0 Å². The van der Waals surface area contributed by atoms with Crippen molar-refractivity contribution in [1.29, 1.82) is 0 Å². The van der Waals surface area contributed by atoms with Crippen LogP contribution >= 0.6 is 0 Å². The second-order valence-corrected chi connectivity index (χ2v) is 6.59. The van der Waals surface area contributed by atoms with E-state index >= 15 is 0 Å². The number of aliphatic hydroxyl groups is 1. The molecule has 17 heavy (non-hydrogen) atoms. The van der Waals surface area contributed by atoms with Crippen LogP contribution in [0.1, 0.15) is 64.2 Å². The Morgan fingerprint density at radius 3 is 1.88 bits per heavy atom. The van der Waals surface area contributed by atoms with Crippen LogP contribution < -0.4 is 5.32 Å². The molecule has 0 saturated heterocycles. The Morgan fingerprint density at radius 1 is 0.824 bits per heavy atom. The van der Waals surface area contributed by atoms with E-state index in [0.717, 1.165) is 30.7 Å². The quantitative estimate of drug-likeness (QED) is 0.788. The first-order valence-corrected chi connectivity index (χ1v) is 7.77. The second-order valence-electron chi connectivity index (χ2n) is 6.59. The minimum atomic E-state index is -0.0373. The van der Waals surface area contributed by atoms with Gasteiger partial charge in [-0.1, -0.05) is 12.8 Å². The molecule has 0 aliphatic heterocycles. The van der Waals surface area contributed by atoms with Crippen LogP contribution in [0.15, 0.2) is 0 Å². The van der Waals surface area contributed by atoms with Crippen molar-refractivity contribution in [3.8, 4) is 0 Å². The summed E-state index contributed by atoms with van der Waals surface area (Å²) in [4.78, 5) is 0. The van der Waals surface area contributed by atoms with E-state index in [2.05, 4.69) is 5.32 Å². The van der Waals surface area contributed by atoms with Gasteiger partial charge in [-0.25, -0.2) is 0 Å². The van der Waals surface area contributed by atoms with Gasteiger partial charge in [-0.3, -0.25) is 0 Å². The fourth-order valence-electron chi connectivity index (χ4n) is 3.84. The fraction of sp³-hybridized carbons (Fsp3) is 1.00. The van der Waals surface area contributed by atoms with E-state index in [1.807, 2.05) is 0 Å². The third-order valence-corrected chi connectivity index (χ3v) is 5.39. The van der Waals surface area contributed by atoms with Crippen LogP contribution in [-0.4, -0.2) is 23.3 Å². The van der Waals surface area contributed by atoms with Gasteiger partial charge in [0.05, 0.1) is 6.10 Å². The zero-order valence-corrected chi connectivity index (χ0v) is 10.9. The Kier molecular flexibility index (Phi) is 3.72. The molecule has 2 N–H and O–H groups in total. The molecular weight excluding hydrogens is 210 g/mol. The molecule has 0 aromatic heterocycles. The van der Waals surface area contributed by atoms with Crippen LogP contribution in [-0.2, 0) is 0 Å². The van der Waals surface area contributed by atoms with E-state index < -0.39 is 0 Å². The molecule has 0 radical (unpaired) electrons. The first-order valence-electron chi connectivity index (χ1n) is 7.77. The zero-order chi connectivity index (χ0) is 11.7. The highest BCUT2D eigenvalue weighted by Crippen LogP contribution is 2.40. The van der Waals surface area contributed by atoms with Crippen molar-refractivity contribution < 1.29 is 5.11 Å². The minimum Gasteiger partial charge on any atom is -0.393 e. The summed E-state index contributed by atoms with van der Waals surface area (Å²) in [6, 6.07) is 1.39. The van der Waals surface area contributed by atoms with E-state index in [9.17, 15) is 5.11 Å². The molecule has 3 aliphatic carbocycles. The zero-order valence-electron chi connectivity index (χ0n) is 10.9. The van der Waals surface area contributed by atoms with Gasteiger partial charge in [-0.2, -0.15) is 0 Å². The number of nitrogens with one attached hydrogen (secondary N) is 1. The number of rotatable bonds is 4. The Balaban J connectivity index is 1.55. The molecule has 0 aromatic rings. The van der Waals surface area contributed by atoms with Gasteiger partial charge in [0.15, 0.2) is 0 Å². The van der Waals surface area contributed by atoms with Gasteiger partial charge in [0.25, 0.3) is 0 Å². The molecule has 0 aromatic carbocycles. The molecule has 2 atom stereocenters. The maximum absolute atomic E-state index is 9.77. The van der Waals surface area contributed by atoms with Gasteiger partial charge >= 0.3 is 0 Å². The summed E-state index contributed by atoms with van der Waals surface area (Å²) in [7, 11) is 0. The highest BCUT2D eigenvalue weighted by Gasteiger charge is 2.37. The van der Waals surface area contributed by atoms with E-state index in [4.69, 9.17) is 0 Å². The molecular formula is C15H27NO. The third kappa shape index (κ3) is 2.68. The topological polar surface area (TPSA) is 32.3 Å². The molecule has 0 amide bonds. The first-order chi connectivity index (χ1) is 8.33. The van der Waals surface area contributed by atoms with Gasteiger partial charge in [0.2, 0.25) is 0 Å². The summed E-state index contributed by atoms with van der Waals surface area (Å²) in [5, 5.41) is 13.7. The predicted octanol–water partition coefficient (Wildman–Crippen LogP) is 2.85. The number of aliphatic hydroxyl groups excluding tert-OH is 1. The van der Waals surface area contributed by atoms with Gasteiger partial charge in [0, 0.05) is 12.1 Å². The van der Waals surface area contributed by atoms with Gasteiger partial charge in [-0.15, -0.1) is 0 Å². The second kappa shape index (κ2) is 5.27. The molecule has 98 valence electrons. The van der Waals surface area contributed by atoms with E-state index in [0.29, 0.717) is 6.04 Å². The standard InChI is InChI=1S/C15H27NO/c17-14-9-3-8-13(10-14)16-15(11-4-1-5-11)12-6-2-7-12/h11-17H,1-10H2. The molecule has 2 nitrogen and oxygen atoms in total. The molecule has 3 aliphatic rings. The van der Waals surface area contributed by atoms with Gasteiger partial charge < -0.3 is 10.4 Å². The molecule has 3 fully saturated rings. The molecule has 3 saturated carbocycles. The van der Waals surface area contributed by atoms with Crippen molar-refractivity contribution in [2.24, 2.45) is 11.8 Å². The van der Waals surface area contributed by atoms with E-state index in [-0.39, 0.29) is 6.10 Å². The van der Waals surface area contributed by atoms with Crippen LogP contribution in [0, 0.1) is 11.8 Å². The summed E-state index contributed by atoms with van der Waals surface area (Å²) >= 11 is 0. The van der Waals surface area contributed by atoms with Gasteiger partial charge in [-0.05, 0) is 63.2 Å². The Labute approximate surface area is 105 Å². The maximum Gasteiger partial charge on any atom is 0.0555 e. The minimum absolute atomic E-state index is 0.0373. The Morgan fingerprint density at radius 2 is 1.41 bits per heavy atom. The first kappa shape index (κ1) is 12.0. The van der Waals surface area contributed by atoms with E-state index in [1.165, 1.54) is 51.4 Å². The maximum atomic E-state index is 9.77. The van der Waals surface area contributed by atoms with Crippen molar-refractivity contribution in [2.75, 3.05) is 0 Å². The van der Waals surface area contributed by atoms with Crippen molar-refractivity contribution in [3.63, 3.8) is 0 Å². The lowest BCUT2D eigenvalue weighted by Gasteiger charge is -2.45. The monoisotopic (exact) mass is 237 g/mol. The SMILES string of the molecule is OC1CCCC(NC(C2CCC2)C2CCC2)C1. The highest BCUT2D eigenvalue weighted by molar-refractivity contribution is 4.93. The lowest BCUT2D eigenvalue weighted by atomic mass is 9.68. The van der Waals surface area contributed by atoms with Gasteiger partial charge in [0.1, 0.15) is 0 Å². The largest absolute Gasteiger partial charge is 0.393 e. The normalized spacial score (nSPS) is 35.6. The van der Waals surface area contributed by atoms with Crippen molar-refractivity contribution in [2.45, 2.75) is 82.4 Å². The molecule has 0 heterocycles. The van der Waals surface area contributed by atoms with Crippen molar-refractivity contribution in [3.05, 3.63) is 0 Å². The molecule has 2 unspecified atom stereocenters. The molecule has 2 heteroatoms. The average molecular weight is 237 g/mol. The van der Waals surface area contributed by atoms with E-state index in [1.54, 1.807) is 0 Å². The van der Waals surface area contributed by atoms with Crippen LogP contribution in [0.25, 0.3) is 0 Å². The molecule has 0 bridgehead atoms. The van der Waals surface area contributed by atoms with Crippen molar-refractivity contribution in [1.82, 2.24) is 5.32 Å². The summed E-state index contributed by atoms with van der Waals surface area (Å²) in [5.41, 5.74) is 0. The lowest BCUT2D eigenvalue weighted by Crippen LogP contribution is -2.52.